The van der Waals surface area contributed by atoms with E-state index in [1.54, 1.807) is 36.4 Å². The second kappa shape index (κ2) is 7.23. The molecule has 0 aliphatic rings. The molecular weight excluding hydrogens is 335 g/mol. The molecule has 3 rings (SSSR count). The molecule has 3 N–H and O–H groups in total. The third-order valence-corrected chi connectivity index (χ3v) is 4.11. The number of primary amides is 1. The summed E-state index contributed by atoms with van der Waals surface area (Å²) in [4.78, 5) is 22.2. The first-order valence-electron chi connectivity index (χ1n) is 8.04. The summed E-state index contributed by atoms with van der Waals surface area (Å²) in [5, 5.41) is 8.99. The van der Waals surface area contributed by atoms with Crippen molar-refractivity contribution in [3.63, 3.8) is 0 Å². The summed E-state index contributed by atoms with van der Waals surface area (Å²) >= 11 is 0. The van der Waals surface area contributed by atoms with Crippen molar-refractivity contribution in [2.24, 2.45) is 5.73 Å². The molecule has 6 heteroatoms. The van der Waals surface area contributed by atoms with Crippen LogP contribution in [-0.4, -0.2) is 21.6 Å². The van der Waals surface area contributed by atoms with E-state index in [0.717, 1.165) is 22.6 Å². The Balaban J connectivity index is 2.09. The van der Waals surface area contributed by atoms with E-state index in [1.807, 2.05) is 16.7 Å². The maximum Gasteiger partial charge on any atom is 0.303 e. The number of benzene rings is 2. The van der Waals surface area contributed by atoms with E-state index in [-0.39, 0.29) is 12.2 Å². The van der Waals surface area contributed by atoms with Crippen molar-refractivity contribution in [1.82, 2.24) is 4.57 Å². The van der Waals surface area contributed by atoms with Crippen LogP contribution in [0.1, 0.15) is 22.5 Å². The number of nitrogens with two attached hydrogens (primary N) is 1. The molecule has 0 bridgehead atoms. The maximum absolute atomic E-state index is 13.2. The van der Waals surface area contributed by atoms with Gasteiger partial charge in [0.1, 0.15) is 5.82 Å². The van der Waals surface area contributed by atoms with Crippen molar-refractivity contribution in [3.05, 3.63) is 77.7 Å². The molecular formula is C20H17FN2O3. The fraction of sp³-hybridized carbons (Fsp3) is 0.100. The lowest BCUT2D eigenvalue weighted by atomic mass is 10.1. The Labute approximate surface area is 149 Å². The van der Waals surface area contributed by atoms with Gasteiger partial charge in [-0.15, -0.1) is 0 Å². The van der Waals surface area contributed by atoms with Gasteiger partial charge in [0.2, 0.25) is 5.91 Å². The number of amides is 1. The van der Waals surface area contributed by atoms with Crippen LogP contribution in [0.2, 0.25) is 0 Å². The first-order valence-corrected chi connectivity index (χ1v) is 8.04. The highest BCUT2D eigenvalue weighted by atomic mass is 19.1. The van der Waals surface area contributed by atoms with Gasteiger partial charge in [0.05, 0.1) is 12.1 Å². The first-order chi connectivity index (χ1) is 12.5. The average molecular weight is 352 g/mol. The molecule has 0 saturated heterocycles. The SMILES string of the molecule is NC(=O)c1ccc(-n2c(CCC(=O)O)ccc2-c2ccc(F)cc2)cc1. The Morgan fingerprint density at radius 2 is 1.62 bits per heavy atom. The quantitative estimate of drug-likeness (QED) is 0.713. The van der Waals surface area contributed by atoms with E-state index in [1.165, 1.54) is 12.1 Å². The van der Waals surface area contributed by atoms with E-state index >= 15 is 0 Å². The third-order valence-electron chi connectivity index (χ3n) is 4.11. The molecule has 0 spiro atoms. The monoisotopic (exact) mass is 352 g/mol. The third kappa shape index (κ3) is 3.64. The number of aliphatic carboxylic acids is 1. The first kappa shape index (κ1) is 17.4. The number of hydrogen-bond donors (Lipinski definition) is 2. The van der Waals surface area contributed by atoms with Crippen LogP contribution in [0.15, 0.2) is 60.7 Å². The van der Waals surface area contributed by atoms with Crippen LogP contribution in [0.4, 0.5) is 4.39 Å². The molecule has 0 saturated carbocycles. The van der Waals surface area contributed by atoms with E-state index in [4.69, 9.17) is 10.8 Å². The summed E-state index contributed by atoms with van der Waals surface area (Å²) in [7, 11) is 0. The van der Waals surface area contributed by atoms with Crippen LogP contribution in [0, 0.1) is 5.82 Å². The van der Waals surface area contributed by atoms with Gasteiger partial charge >= 0.3 is 5.97 Å². The molecule has 26 heavy (non-hydrogen) atoms. The Morgan fingerprint density at radius 3 is 2.19 bits per heavy atom. The number of nitrogens with zero attached hydrogens (tertiary/aromatic N) is 1. The van der Waals surface area contributed by atoms with Gasteiger partial charge in [-0.3, -0.25) is 9.59 Å². The number of carbonyl (C=O) groups is 2. The molecule has 0 aliphatic carbocycles. The molecule has 0 atom stereocenters. The molecule has 1 amide bonds. The maximum atomic E-state index is 13.2. The van der Waals surface area contributed by atoms with Gasteiger partial charge in [-0.05, 0) is 72.6 Å². The van der Waals surface area contributed by atoms with Crippen LogP contribution in [0.25, 0.3) is 16.9 Å². The summed E-state index contributed by atoms with van der Waals surface area (Å²) in [6.07, 6.45) is 0.334. The normalized spacial score (nSPS) is 10.7. The van der Waals surface area contributed by atoms with Crippen LogP contribution in [-0.2, 0) is 11.2 Å². The topological polar surface area (TPSA) is 85.3 Å². The van der Waals surface area contributed by atoms with Gasteiger partial charge < -0.3 is 15.4 Å². The molecule has 0 fully saturated rings. The van der Waals surface area contributed by atoms with Crippen molar-refractivity contribution in [1.29, 1.82) is 0 Å². The van der Waals surface area contributed by atoms with Crippen molar-refractivity contribution in [2.45, 2.75) is 12.8 Å². The number of aromatic nitrogens is 1. The van der Waals surface area contributed by atoms with Crippen molar-refractivity contribution in [3.8, 4) is 16.9 Å². The molecule has 5 nitrogen and oxygen atoms in total. The highest BCUT2D eigenvalue weighted by molar-refractivity contribution is 5.92. The number of rotatable bonds is 6. The van der Waals surface area contributed by atoms with Gasteiger partial charge in [-0.2, -0.15) is 0 Å². The minimum absolute atomic E-state index is 0.00770. The Morgan fingerprint density at radius 1 is 0.962 bits per heavy atom. The van der Waals surface area contributed by atoms with E-state index < -0.39 is 11.9 Å². The zero-order chi connectivity index (χ0) is 18.7. The van der Waals surface area contributed by atoms with Crippen LogP contribution in [0.3, 0.4) is 0 Å². The number of hydrogen-bond acceptors (Lipinski definition) is 2. The Kier molecular flexibility index (Phi) is 4.84. The van der Waals surface area contributed by atoms with Gasteiger partial charge in [0.15, 0.2) is 0 Å². The molecule has 0 unspecified atom stereocenters. The molecule has 0 aliphatic heterocycles. The van der Waals surface area contributed by atoms with E-state index in [2.05, 4.69) is 0 Å². The summed E-state index contributed by atoms with van der Waals surface area (Å²) in [5.41, 5.74) is 8.84. The zero-order valence-corrected chi connectivity index (χ0v) is 13.9. The number of carboxylic acid groups (broad SMARTS) is 1. The minimum atomic E-state index is -0.884. The zero-order valence-electron chi connectivity index (χ0n) is 13.9. The van der Waals surface area contributed by atoms with Crippen LogP contribution >= 0.6 is 0 Å². The standard InChI is InChI=1S/C20H17FN2O3/c21-15-5-1-13(2-6-15)18-11-9-17(10-12-19(24)25)23(18)16-7-3-14(4-8-16)20(22)26/h1-9,11H,10,12H2,(H2,22,26)(H,24,25). The van der Waals surface area contributed by atoms with E-state index in [9.17, 15) is 14.0 Å². The largest absolute Gasteiger partial charge is 0.481 e. The predicted molar refractivity (Wildman–Crippen MR) is 95.6 cm³/mol. The molecule has 2 aromatic carbocycles. The lowest BCUT2D eigenvalue weighted by Crippen LogP contribution is -2.11. The smallest absolute Gasteiger partial charge is 0.303 e. The highest BCUT2D eigenvalue weighted by Gasteiger charge is 2.14. The summed E-state index contributed by atoms with van der Waals surface area (Å²) < 4.78 is 15.1. The lowest BCUT2D eigenvalue weighted by molar-refractivity contribution is -0.136. The number of carboxylic acids is 1. The highest BCUT2D eigenvalue weighted by Crippen LogP contribution is 2.28. The predicted octanol–water partition coefficient (Wildman–Crippen LogP) is 3.40. The van der Waals surface area contributed by atoms with Crippen molar-refractivity contribution >= 4 is 11.9 Å². The van der Waals surface area contributed by atoms with Gasteiger partial charge in [-0.25, -0.2) is 4.39 Å². The molecule has 1 aromatic heterocycles. The lowest BCUT2D eigenvalue weighted by Gasteiger charge is -2.14. The number of halogens is 1. The van der Waals surface area contributed by atoms with Crippen LogP contribution in [0.5, 0.6) is 0 Å². The fourth-order valence-corrected chi connectivity index (χ4v) is 2.83. The Hall–Kier alpha value is -3.41. The number of carbonyl (C=O) groups excluding carboxylic acids is 1. The average Bonchev–Trinajstić information content (AvgIpc) is 3.04. The second-order valence-electron chi connectivity index (χ2n) is 5.86. The van der Waals surface area contributed by atoms with E-state index in [0.29, 0.717) is 12.0 Å². The molecule has 1 heterocycles. The number of aryl methyl sites for hydroxylation is 1. The summed E-state index contributed by atoms with van der Waals surface area (Å²) in [6.45, 7) is 0. The molecule has 132 valence electrons. The molecule has 3 aromatic rings. The summed E-state index contributed by atoms with van der Waals surface area (Å²) in [5.74, 6) is -1.73. The van der Waals surface area contributed by atoms with Crippen molar-refractivity contribution < 1.29 is 19.1 Å². The second-order valence-corrected chi connectivity index (χ2v) is 5.86. The molecule has 0 radical (unpaired) electrons. The van der Waals surface area contributed by atoms with Gasteiger partial charge in [0.25, 0.3) is 0 Å². The Bertz CT molecular complexity index is 944. The van der Waals surface area contributed by atoms with Crippen molar-refractivity contribution in [2.75, 3.05) is 0 Å². The summed E-state index contributed by atoms with van der Waals surface area (Å²) in [6, 6.07) is 16.5. The fourth-order valence-electron chi connectivity index (χ4n) is 2.83. The van der Waals surface area contributed by atoms with Gasteiger partial charge in [-0.1, -0.05) is 0 Å². The van der Waals surface area contributed by atoms with Crippen LogP contribution < -0.4 is 5.73 Å². The van der Waals surface area contributed by atoms with Gasteiger partial charge in [0, 0.05) is 16.9 Å². The minimum Gasteiger partial charge on any atom is -0.481 e.